The molecule has 16 nitrogen and oxygen atoms in total. The lowest BCUT2D eigenvalue weighted by molar-refractivity contribution is -0.143. The zero-order valence-electron chi connectivity index (χ0n) is 31.6. The second kappa shape index (κ2) is 17.3. The van der Waals surface area contributed by atoms with Gasteiger partial charge in [-0.05, 0) is 54.7 Å². The molecule has 310 valence electrons. The molecule has 6 rings (SSSR count). The zero-order valence-corrected chi connectivity index (χ0v) is 32.5. The number of alkyl halides is 2. The topological polar surface area (TPSA) is 244 Å². The number of nitrogens with zero attached hydrogens (tertiary/aromatic N) is 2. The number of hydrogen-bond donors (Lipinski definition) is 7. The second-order valence-corrected chi connectivity index (χ2v) is 16.0. The molecule has 0 bridgehead atoms. The molecular weight excluding hydrogens is 791 g/mol. The fraction of sp³-hybridized carbons (Fsp3) is 0.300. The number of carbonyl (C=O) groups is 6. The van der Waals surface area contributed by atoms with Crippen molar-refractivity contribution in [2.75, 3.05) is 6.54 Å². The number of aromatic amines is 1. The van der Waals surface area contributed by atoms with Gasteiger partial charge in [0.15, 0.2) is 0 Å². The first-order valence-electron chi connectivity index (χ1n) is 18.6. The smallest absolute Gasteiger partial charge is 0.370 e. The highest BCUT2D eigenvalue weighted by Gasteiger charge is 2.50. The van der Waals surface area contributed by atoms with Crippen molar-refractivity contribution in [3.05, 3.63) is 120 Å². The zero-order chi connectivity index (χ0) is 42.6. The van der Waals surface area contributed by atoms with Gasteiger partial charge in [0.25, 0.3) is 5.91 Å². The van der Waals surface area contributed by atoms with Crippen molar-refractivity contribution >= 4 is 53.9 Å². The van der Waals surface area contributed by atoms with E-state index in [-0.39, 0.29) is 48.8 Å². The van der Waals surface area contributed by atoms with E-state index in [9.17, 15) is 51.9 Å². The van der Waals surface area contributed by atoms with E-state index >= 15 is 0 Å². The molecule has 0 radical (unpaired) electrons. The number of amides is 6. The Morgan fingerprint density at radius 3 is 2.19 bits per heavy atom. The molecule has 3 heterocycles. The molecule has 0 aliphatic carbocycles. The van der Waals surface area contributed by atoms with Crippen LogP contribution < -0.4 is 21.7 Å². The Labute approximate surface area is 336 Å². The molecule has 1 aromatic heterocycles. The fourth-order valence-electron chi connectivity index (χ4n) is 7.22. The maximum Gasteiger partial charge on any atom is 0.399 e. The summed E-state index contributed by atoms with van der Waals surface area (Å²) in [6.45, 7) is 0.912. The van der Waals surface area contributed by atoms with Crippen molar-refractivity contribution in [1.82, 2.24) is 30.7 Å². The number of fused-ring (bicyclic) bond motifs is 2. The molecule has 2 aliphatic rings. The highest BCUT2D eigenvalue weighted by molar-refractivity contribution is 7.52. The van der Waals surface area contributed by atoms with Gasteiger partial charge in [-0.3, -0.25) is 33.3 Å². The highest BCUT2D eigenvalue weighted by Crippen LogP contribution is 2.59. The van der Waals surface area contributed by atoms with Gasteiger partial charge in [0.1, 0.15) is 23.8 Å². The average Bonchev–Trinajstić information content (AvgIpc) is 3.83. The lowest BCUT2D eigenvalue weighted by Crippen LogP contribution is -2.60. The second-order valence-electron chi connectivity index (χ2n) is 14.3. The molecule has 8 N–H and O–H groups in total. The summed E-state index contributed by atoms with van der Waals surface area (Å²) in [6.07, 6.45) is 3.07. The van der Waals surface area contributed by atoms with Crippen LogP contribution in [-0.2, 0) is 34.2 Å². The Morgan fingerprint density at radius 1 is 0.949 bits per heavy atom. The van der Waals surface area contributed by atoms with Crippen LogP contribution in [0.15, 0.2) is 97.2 Å². The van der Waals surface area contributed by atoms with Crippen molar-refractivity contribution in [1.29, 1.82) is 0 Å². The van der Waals surface area contributed by atoms with Crippen LogP contribution in [0.1, 0.15) is 65.8 Å². The van der Waals surface area contributed by atoms with Crippen molar-refractivity contribution in [3.8, 4) is 0 Å². The molecule has 3 aromatic carbocycles. The first-order valence-corrected chi connectivity index (χ1v) is 20.2. The quantitative estimate of drug-likeness (QED) is 0.0979. The summed E-state index contributed by atoms with van der Waals surface area (Å²) in [5.41, 5.74) is 1.45. The van der Waals surface area contributed by atoms with Gasteiger partial charge in [-0.25, -0.2) is 0 Å². The lowest BCUT2D eigenvalue weighted by atomic mass is 9.98. The van der Waals surface area contributed by atoms with E-state index in [0.717, 1.165) is 35.4 Å². The standard InChI is InChI=1S/C40H42F2N7O9P/c1-23(50)48-19-18-28-13-16-33(38(54)45-30(15-17-34(43)51)36(52)47-35(24-8-4-2-5-9-24)25-10-6-3-7-11-25)49(28)39(55)32(22-48)46-37(53)31-21-26-20-27(12-14-29(26)44-31)40(41,42)59(56,57)58/h2-12,14,18-21,28,30,32-33,35,44H,13,15-17,22H2,1H3,(H2,43,51)(H,45,54)(H,46,53)(H,47,52)(H2,56,57,58)/b19-18-/t28-,30+,32+,33+/m1/s1. The summed E-state index contributed by atoms with van der Waals surface area (Å²) in [6, 6.07) is 17.0. The summed E-state index contributed by atoms with van der Waals surface area (Å²) < 4.78 is 40.3. The van der Waals surface area contributed by atoms with Gasteiger partial charge in [-0.15, -0.1) is 0 Å². The third-order valence-corrected chi connectivity index (χ3v) is 11.3. The molecule has 0 saturated carbocycles. The lowest BCUT2D eigenvalue weighted by Gasteiger charge is -2.36. The number of benzene rings is 3. The van der Waals surface area contributed by atoms with E-state index < -0.39 is 84.5 Å². The van der Waals surface area contributed by atoms with Gasteiger partial charge in [-0.2, -0.15) is 8.78 Å². The summed E-state index contributed by atoms with van der Waals surface area (Å²) in [5, 5.41) is 8.30. The summed E-state index contributed by atoms with van der Waals surface area (Å²) in [7, 11) is -5.87. The molecule has 0 unspecified atom stereocenters. The highest BCUT2D eigenvalue weighted by atomic mass is 31.2. The molecule has 19 heteroatoms. The van der Waals surface area contributed by atoms with Crippen LogP contribution in [0.2, 0.25) is 0 Å². The molecule has 1 saturated heterocycles. The summed E-state index contributed by atoms with van der Waals surface area (Å²) in [5.74, 6) is -4.09. The van der Waals surface area contributed by atoms with Crippen molar-refractivity contribution in [2.45, 2.75) is 68.5 Å². The third-order valence-electron chi connectivity index (χ3n) is 10.3. The molecule has 59 heavy (non-hydrogen) atoms. The molecule has 1 fully saturated rings. The average molecular weight is 834 g/mol. The predicted molar refractivity (Wildman–Crippen MR) is 209 cm³/mol. The van der Waals surface area contributed by atoms with Gasteiger partial charge < -0.3 is 46.3 Å². The monoisotopic (exact) mass is 833 g/mol. The maximum absolute atomic E-state index is 14.4. The number of carbonyl (C=O) groups excluding carboxylic acids is 6. The van der Waals surface area contributed by atoms with Gasteiger partial charge in [0.2, 0.25) is 29.5 Å². The normalized spacial score (nSPS) is 19.4. The van der Waals surface area contributed by atoms with E-state index in [0.29, 0.717) is 0 Å². The van der Waals surface area contributed by atoms with Crippen LogP contribution in [0.25, 0.3) is 10.9 Å². The maximum atomic E-state index is 14.4. The van der Waals surface area contributed by atoms with E-state index in [1.807, 2.05) is 60.7 Å². The van der Waals surface area contributed by atoms with Crippen LogP contribution in [-0.4, -0.2) is 90.7 Å². The van der Waals surface area contributed by atoms with Crippen LogP contribution >= 0.6 is 7.60 Å². The van der Waals surface area contributed by atoms with Crippen LogP contribution in [0.5, 0.6) is 0 Å². The van der Waals surface area contributed by atoms with Gasteiger partial charge in [0, 0.05) is 36.0 Å². The number of hydrogen-bond acceptors (Lipinski definition) is 7. The fourth-order valence-corrected chi connectivity index (χ4v) is 7.70. The van der Waals surface area contributed by atoms with Crippen molar-refractivity contribution in [2.24, 2.45) is 5.73 Å². The SMILES string of the molecule is CC(=O)N1/C=C\[C@H]2CC[C@@H](C(=O)N[C@@H](CCC(N)=O)C(=O)NC(c3ccccc3)c3ccccc3)N2C(=O)[C@@H](NC(=O)c2cc3cc(C(F)(F)P(=O)(O)O)ccc3[nH]2)C1. The van der Waals surface area contributed by atoms with Crippen molar-refractivity contribution in [3.63, 3.8) is 0 Å². The van der Waals surface area contributed by atoms with E-state index in [1.54, 1.807) is 6.08 Å². The Hall–Kier alpha value is -6.23. The Kier molecular flexibility index (Phi) is 12.4. The largest absolute Gasteiger partial charge is 0.399 e. The van der Waals surface area contributed by atoms with Crippen molar-refractivity contribution < 1.29 is 51.9 Å². The molecule has 0 spiro atoms. The van der Waals surface area contributed by atoms with Crippen LogP contribution in [0.4, 0.5) is 8.78 Å². The van der Waals surface area contributed by atoms with Gasteiger partial charge in [-0.1, -0.05) is 66.7 Å². The molecular formula is C40H42F2N7O9P. The molecule has 4 atom stereocenters. The Bertz CT molecular complexity index is 2300. The van der Waals surface area contributed by atoms with E-state index in [2.05, 4.69) is 20.9 Å². The minimum Gasteiger partial charge on any atom is -0.370 e. The minimum absolute atomic E-state index is 0.0168. The van der Waals surface area contributed by atoms with Crippen LogP contribution in [0.3, 0.4) is 0 Å². The first kappa shape index (κ1) is 42.4. The summed E-state index contributed by atoms with van der Waals surface area (Å²) >= 11 is 0. The number of nitrogens with two attached hydrogens (primary N) is 1. The number of halogens is 2. The number of nitrogens with one attached hydrogen (secondary N) is 4. The number of primary amides is 1. The molecule has 2 aliphatic heterocycles. The Balaban J connectivity index is 1.24. The van der Waals surface area contributed by atoms with Gasteiger partial charge >= 0.3 is 13.3 Å². The van der Waals surface area contributed by atoms with Crippen LogP contribution in [0, 0.1) is 0 Å². The summed E-state index contributed by atoms with van der Waals surface area (Å²) in [4.78, 5) is 104. The molecule has 4 aromatic rings. The minimum atomic E-state index is -5.87. The number of rotatable bonds is 13. The first-order chi connectivity index (χ1) is 27.9. The Morgan fingerprint density at radius 2 is 1.59 bits per heavy atom. The predicted octanol–water partition coefficient (Wildman–Crippen LogP) is 2.88. The van der Waals surface area contributed by atoms with E-state index in [4.69, 9.17) is 5.73 Å². The number of aromatic nitrogens is 1. The molecule has 6 amide bonds. The van der Waals surface area contributed by atoms with Gasteiger partial charge in [0.05, 0.1) is 18.6 Å². The van der Waals surface area contributed by atoms with E-state index in [1.165, 1.54) is 22.9 Å². The number of H-pyrrole nitrogens is 1. The third kappa shape index (κ3) is 9.40.